The molecule has 2 unspecified atom stereocenters. The number of carbonyl (C=O) groups is 5. The number of benzene rings is 1. The maximum Gasteiger partial charge on any atom is 0.408 e. The second kappa shape index (κ2) is 11.8. The van der Waals surface area contributed by atoms with E-state index < -0.39 is 52.8 Å². The van der Waals surface area contributed by atoms with E-state index in [4.69, 9.17) is 10.5 Å². The number of fused-ring (bicyclic) bond motifs is 1. The lowest BCUT2D eigenvalue weighted by atomic mass is 10.0. The third kappa shape index (κ3) is 6.48. The number of carbonyl (C=O) groups excluding carboxylic acids is 4. The number of rotatable bonds is 9. The van der Waals surface area contributed by atoms with Gasteiger partial charge in [0.05, 0.1) is 0 Å². The predicted octanol–water partition coefficient (Wildman–Crippen LogP) is 1.01. The number of hydrogen-bond acceptors (Lipinski definition) is 10. The van der Waals surface area contributed by atoms with Gasteiger partial charge in [-0.3, -0.25) is 19.3 Å². The molecule has 0 bridgehead atoms. The molecule has 1 aromatic carbocycles. The van der Waals surface area contributed by atoms with E-state index in [-0.39, 0.29) is 23.0 Å². The van der Waals surface area contributed by atoms with Gasteiger partial charge in [0.25, 0.3) is 11.8 Å². The summed E-state index contributed by atoms with van der Waals surface area (Å²) in [5.74, 6) is -2.86. The Kier molecular flexibility index (Phi) is 8.63. The first-order valence-corrected chi connectivity index (χ1v) is 14.4. The fourth-order valence-electron chi connectivity index (χ4n) is 4.21. The Labute approximate surface area is 243 Å². The van der Waals surface area contributed by atoms with Gasteiger partial charge in [0.15, 0.2) is 5.16 Å². The van der Waals surface area contributed by atoms with Crippen LogP contribution in [0.15, 0.2) is 46.8 Å². The molecule has 5 N–H and O–H groups in total. The standard InChI is InChI=1S/C25H29N7O7S2/c1-25(2,3)39-24(38)28-14(12-8-6-5-7-9-12)19(34)27-15-20(35)32-16(22(36)37)13(10-40-21(15)32)11-41-23-30-29-18(17(26)33)31(23)4/h5-9,14-15,21H,10-11H2,1-4H3,(H2,26,33)(H,27,34)(H,28,38)(H,36,37)/t14?,15?,21-/m1/s1. The second-order valence-corrected chi connectivity index (χ2v) is 12.2. The number of nitrogens with two attached hydrogens (primary N) is 1. The summed E-state index contributed by atoms with van der Waals surface area (Å²) in [5.41, 5.74) is 5.26. The van der Waals surface area contributed by atoms with Crippen LogP contribution in [-0.2, 0) is 26.2 Å². The van der Waals surface area contributed by atoms with E-state index in [0.29, 0.717) is 16.3 Å². The van der Waals surface area contributed by atoms with Crippen molar-refractivity contribution in [2.75, 3.05) is 11.5 Å². The van der Waals surface area contributed by atoms with Gasteiger partial charge in [0.1, 0.15) is 28.8 Å². The first kappa shape index (κ1) is 29.9. The smallest absolute Gasteiger partial charge is 0.408 e. The van der Waals surface area contributed by atoms with Crippen LogP contribution in [0.5, 0.6) is 0 Å². The molecule has 0 saturated carbocycles. The molecule has 0 spiro atoms. The Morgan fingerprint density at radius 2 is 1.90 bits per heavy atom. The molecule has 14 nitrogen and oxygen atoms in total. The number of nitrogens with one attached hydrogen (secondary N) is 2. The Balaban J connectivity index is 1.49. The molecule has 2 aliphatic heterocycles. The highest BCUT2D eigenvalue weighted by Crippen LogP contribution is 2.41. The molecule has 1 saturated heterocycles. The van der Waals surface area contributed by atoms with Gasteiger partial charge in [-0.2, -0.15) is 0 Å². The van der Waals surface area contributed by atoms with Crippen molar-refractivity contribution in [3.05, 3.63) is 53.0 Å². The number of thioether (sulfide) groups is 2. The highest BCUT2D eigenvalue weighted by molar-refractivity contribution is 8.01. The van der Waals surface area contributed by atoms with Crippen molar-refractivity contribution < 1.29 is 33.8 Å². The number of amides is 4. The highest BCUT2D eigenvalue weighted by atomic mass is 32.2. The molecule has 1 fully saturated rings. The summed E-state index contributed by atoms with van der Waals surface area (Å²) in [7, 11) is 1.56. The van der Waals surface area contributed by atoms with Gasteiger partial charge < -0.3 is 30.8 Å². The molecule has 2 aromatic rings. The van der Waals surface area contributed by atoms with E-state index in [1.165, 1.54) is 16.3 Å². The van der Waals surface area contributed by atoms with Crippen molar-refractivity contribution in [1.82, 2.24) is 30.3 Å². The number of carboxylic acids is 1. The molecule has 4 amide bonds. The number of aromatic nitrogens is 3. The van der Waals surface area contributed by atoms with Crippen LogP contribution in [0.4, 0.5) is 4.79 Å². The number of primary amides is 1. The van der Waals surface area contributed by atoms with Gasteiger partial charge in [-0.25, -0.2) is 9.59 Å². The van der Waals surface area contributed by atoms with Crippen LogP contribution in [0.3, 0.4) is 0 Å². The van der Waals surface area contributed by atoms with Crippen LogP contribution in [-0.4, -0.2) is 83.1 Å². The van der Waals surface area contributed by atoms with Gasteiger partial charge in [-0.05, 0) is 31.9 Å². The van der Waals surface area contributed by atoms with Gasteiger partial charge in [0, 0.05) is 18.6 Å². The summed E-state index contributed by atoms with van der Waals surface area (Å²) < 4.78 is 6.71. The van der Waals surface area contributed by atoms with E-state index >= 15 is 0 Å². The Bertz CT molecular complexity index is 1420. The summed E-state index contributed by atoms with van der Waals surface area (Å²) in [6, 6.07) is 6.33. The number of aliphatic carboxylic acids is 1. The van der Waals surface area contributed by atoms with Gasteiger partial charge in [-0.15, -0.1) is 22.0 Å². The largest absolute Gasteiger partial charge is 0.477 e. The van der Waals surface area contributed by atoms with E-state index in [1.54, 1.807) is 58.2 Å². The SMILES string of the molecule is Cn1c(SCC2=C(C(=O)O)N3C(=O)C(NC(=O)C(NC(=O)OC(C)(C)C)c4ccccc4)[C@H]3SC2)nnc1C(N)=O. The van der Waals surface area contributed by atoms with Crippen molar-refractivity contribution in [3.63, 3.8) is 0 Å². The number of nitrogens with zero attached hydrogens (tertiary/aromatic N) is 4. The lowest BCUT2D eigenvalue weighted by molar-refractivity contribution is -0.151. The Morgan fingerprint density at radius 1 is 1.22 bits per heavy atom. The molecule has 0 aliphatic carbocycles. The van der Waals surface area contributed by atoms with E-state index in [0.717, 1.165) is 16.7 Å². The monoisotopic (exact) mass is 603 g/mol. The zero-order valence-corrected chi connectivity index (χ0v) is 24.2. The lowest BCUT2D eigenvalue weighted by Gasteiger charge is -2.49. The average molecular weight is 604 g/mol. The number of carboxylic acid groups (broad SMARTS) is 1. The van der Waals surface area contributed by atoms with Crippen LogP contribution < -0.4 is 16.4 Å². The summed E-state index contributed by atoms with van der Waals surface area (Å²) in [5, 5.41) is 22.5. The minimum atomic E-state index is -1.28. The molecular weight excluding hydrogens is 574 g/mol. The van der Waals surface area contributed by atoms with Crippen molar-refractivity contribution in [1.29, 1.82) is 0 Å². The Hall–Kier alpha value is -4.05. The normalized spacial score (nSPS) is 19.1. The second-order valence-electron chi connectivity index (χ2n) is 10.2. The molecule has 3 atom stereocenters. The van der Waals surface area contributed by atoms with Crippen LogP contribution >= 0.6 is 23.5 Å². The molecule has 41 heavy (non-hydrogen) atoms. The van der Waals surface area contributed by atoms with E-state index in [9.17, 15) is 29.1 Å². The zero-order valence-electron chi connectivity index (χ0n) is 22.6. The summed E-state index contributed by atoms with van der Waals surface area (Å²) in [6.07, 6.45) is -0.806. The van der Waals surface area contributed by atoms with Gasteiger partial charge >= 0.3 is 12.1 Å². The molecule has 0 radical (unpaired) electrons. The molecule has 218 valence electrons. The van der Waals surface area contributed by atoms with Crippen LogP contribution in [0.25, 0.3) is 0 Å². The maximum atomic E-state index is 13.3. The third-order valence-corrected chi connectivity index (χ3v) is 8.48. The van der Waals surface area contributed by atoms with Crippen molar-refractivity contribution >= 4 is 53.3 Å². The topological polar surface area (TPSA) is 199 Å². The number of β-lactam (4-membered cyclic amide) rings is 1. The summed E-state index contributed by atoms with van der Waals surface area (Å²) in [6.45, 7) is 5.08. The maximum absolute atomic E-state index is 13.3. The summed E-state index contributed by atoms with van der Waals surface area (Å²) >= 11 is 2.45. The zero-order chi connectivity index (χ0) is 30.1. The third-order valence-electron chi connectivity index (χ3n) is 6.03. The van der Waals surface area contributed by atoms with E-state index in [2.05, 4.69) is 20.8 Å². The number of hydrogen-bond donors (Lipinski definition) is 4. The van der Waals surface area contributed by atoms with Crippen molar-refractivity contribution in [3.8, 4) is 0 Å². The van der Waals surface area contributed by atoms with Gasteiger partial charge in [0.2, 0.25) is 11.7 Å². The van der Waals surface area contributed by atoms with Gasteiger partial charge in [-0.1, -0.05) is 42.1 Å². The van der Waals surface area contributed by atoms with Crippen molar-refractivity contribution in [2.45, 2.75) is 49.0 Å². The molecule has 1 aromatic heterocycles. The molecule has 2 aliphatic rings. The lowest BCUT2D eigenvalue weighted by Crippen LogP contribution is -2.71. The number of ether oxygens (including phenoxy) is 1. The highest BCUT2D eigenvalue weighted by Gasteiger charge is 2.54. The minimum Gasteiger partial charge on any atom is -0.477 e. The quantitative estimate of drug-likeness (QED) is 0.236. The minimum absolute atomic E-state index is 0.0375. The summed E-state index contributed by atoms with van der Waals surface area (Å²) in [4.78, 5) is 63.8. The first-order valence-electron chi connectivity index (χ1n) is 12.3. The Morgan fingerprint density at radius 3 is 2.49 bits per heavy atom. The predicted molar refractivity (Wildman–Crippen MR) is 148 cm³/mol. The molecule has 4 rings (SSSR count). The van der Waals surface area contributed by atoms with Crippen LogP contribution in [0.1, 0.15) is 43.0 Å². The van der Waals surface area contributed by atoms with Crippen LogP contribution in [0.2, 0.25) is 0 Å². The van der Waals surface area contributed by atoms with Crippen LogP contribution in [0, 0.1) is 0 Å². The number of alkyl carbamates (subject to hydrolysis) is 1. The van der Waals surface area contributed by atoms with Crippen molar-refractivity contribution in [2.24, 2.45) is 12.8 Å². The fraction of sp³-hybridized carbons (Fsp3) is 0.400. The van der Waals surface area contributed by atoms with E-state index in [1.807, 2.05) is 0 Å². The first-order chi connectivity index (χ1) is 19.3. The molecule has 3 heterocycles. The molecular formula is C25H29N7O7S2. The molecule has 16 heteroatoms. The average Bonchev–Trinajstić information content (AvgIpc) is 3.28. The fourth-order valence-corrected chi connectivity index (χ4v) is 6.60.